The number of rotatable bonds is 0. The summed E-state index contributed by atoms with van der Waals surface area (Å²) in [6.07, 6.45) is 0. The van der Waals surface area contributed by atoms with Gasteiger partial charge in [0.25, 0.3) is 0 Å². The maximum atomic E-state index is 0. The monoisotopic (exact) mass is 255 g/mol. The molecule has 0 aliphatic carbocycles. The van der Waals surface area contributed by atoms with Crippen molar-refractivity contribution >= 4 is 37.7 Å². The fourth-order valence-corrected chi connectivity index (χ4v) is 0. The van der Waals surface area contributed by atoms with Crippen LogP contribution in [0.1, 0.15) is 0 Å². The van der Waals surface area contributed by atoms with Crippen LogP contribution in [-0.4, -0.2) is 43.2 Å². The largest absolute Gasteiger partial charge is 0 e. The molecular formula is H4CaCeMnO. The summed E-state index contributed by atoms with van der Waals surface area (Å²) >= 11 is 0. The smallest absolute Gasteiger partial charge is 0 e. The van der Waals surface area contributed by atoms with E-state index in [4.69, 9.17) is 0 Å². The average molecular weight is 255 g/mol. The van der Waals surface area contributed by atoms with Crippen molar-refractivity contribution in [1.82, 2.24) is 0 Å². The zero-order valence-electron chi connectivity index (χ0n) is 1.38. The van der Waals surface area contributed by atoms with Crippen molar-refractivity contribution in [3.05, 3.63) is 0 Å². The molecule has 0 aromatic carbocycles. The van der Waals surface area contributed by atoms with Gasteiger partial charge in [-0.3, -0.25) is 0 Å². The van der Waals surface area contributed by atoms with Gasteiger partial charge in [0.15, 0.2) is 0 Å². The van der Waals surface area contributed by atoms with Crippen molar-refractivity contribution in [3.63, 3.8) is 0 Å². The zero-order chi connectivity index (χ0) is 0. The van der Waals surface area contributed by atoms with E-state index in [1.165, 1.54) is 0 Å². The molecule has 0 bridgehead atoms. The minimum absolute atomic E-state index is 0. The molecule has 0 atom stereocenters. The Hall–Kier alpha value is 3.12. The van der Waals surface area contributed by atoms with Gasteiger partial charge in [0.2, 0.25) is 0 Å². The number of hydrogen-bond acceptors (Lipinski definition) is 0. The van der Waals surface area contributed by atoms with Crippen LogP contribution in [0.25, 0.3) is 0 Å². The average Bonchev–Trinajstić information content (AvgIpc) is 0. The molecule has 0 aliphatic heterocycles. The van der Waals surface area contributed by atoms with Crippen LogP contribution in [0.2, 0.25) is 0 Å². The molecule has 1 radical (unpaired) electrons. The molecule has 0 aliphatic rings. The Bertz CT molecular complexity index is 8.00. The summed E-state index contributed by atoms with van der Waals surface area (Å²) < 4.78 is 0. The first-order valence-electron chi connectivity index (χ1n) is 0. The van der Waals surface area contributed by atoms with Crippen LogP contribution in [0, 0.1) is 41.7 Å². The molecule has 1 nitrogen and oxygen atoms in total. The molecule has 4 heavy (non-hydrogen) atoms. The Morgan fingerprint density at radius 2 is 1.00 bits per heavy atom. The van der Waals surface area contributed by atoms with Crippen LogP contribution >= 0.6 is 0 Å². The Morgan fingerprint density at radius 1 is 1.00 bits per heavy atom. The SMILES string of the molecule is O.[CaH2].[Ce].[Mn]. The first kappa shape index (κ1) is 27.4. The van der Waals surface area contributed by atoms with Gasteiger partial charge in [0.1, 0.15) is 0 Å². The summed E-state index contributed by atoms with van der Waals surface area (Å²) in [5, 5.41) is 0. The van der Waals surface area contributed by atoms with E-state index in [0.717, 1.165) is 0 Å². The molecule has 0 aromatic heterocycles. The fourth-order valence-electron chi connectivity index (χ4n) is 0. The fraction of sp³-hybridized carbons (Fsp3) is 0. The topological polar surface area (TPSA) is 31.5 Å². The summed E-state index contributed by atoms with van der Waals surface area (Å²) in [4.78, 5) is 0. The molecule has 0 saturated carbocycles. The van der Waals surface area contributed by atoms with Crippen molar-refractivity contribution in [1.29, 1.82) is 0 Å². The van der Waals surface area contributed by atoms with Gasteiger partial charge in [0, 0.05) is 58.8 Å². The molecule has 23 valence electrons. The summed E-state index contributed by atoms with van der Waals surface area (Å²) in [5.74, 6) is 0. The molecular weight excluding hydrogens is 251 g/mol. The van der Waals surface area contributed by atoms with Crippen LogP contribution in [0.4, 0.5) is 0 Å². The molecule has 0 fully saturated rings. The van der Waals surface area contributed by atoms with E-state index in [0.29, 0.717) is 0 Å². The number of hydrogen-bond donors (Lipinski definition) is 0. The molecule has 0 unspecified atom stereocenters. The first-order chi connectivity index (χ1) is 0. The molecule has 2 N–H and O–H groups in total. The maximum Gasteiger partial charge on any atom is 0 e. The van der Waals surface area contributed by atoms with Crippen molar-refractivity contribution in [3.8, 4) is 0 Å². The van der Waals surface area contributed by atoms with Crippen LogP contribution in [0.5, 0.6) is 0 Å². The van der Waals surface area contributed by atoms with Crippen LogP contribution < -0.4 is 0 Å². The van der Waals surface area contributed by atoms with Gasteiger partial charge < -0.3 is 5.48 Å². The van der Waals surface area contributed by atoms with Gasteiger partial charge in [0.05, 0.1) is 0 Å². The standard InChI is InChI=1S/Ca.Ce.Mn.H2O.2H/h;;;1H2;;. The second-order valence-corrected chi connectivity index (χ2v) is 0. The van der Waals surface area contributed by atoms with E-state index >= 15 is 0 Å². The molecule has 0 aromatic rings. The molecule has 0 amide bonds. The summed E-state index contributed by atoms with van der Waals surface area (Å²) in [7, 11) is 0. The van der Waals surface area contributed by atoms with Crippen molar-refractivity contribution in [2.75, 3.05) is 0 Å². The van der Waals surface area contributed by atoms with Crippen molar-refractivity contribution in [2.24, 2.45) is 0 Å². The van der Waals surface area contributed by atoms with E-state index in [-0.39, 0.29) is 102 Å². The molecule has 0 rings (SSSR count). The minimum atomic E-state index is 0. The quantitative estimate of drug-likeness (QED) is 0.460. The van der Waals surface area contributed by atoms with Gasteiger partial charge in [-0.05, 0) is 0 Å². The van der Waals surface area contributed by atoms with Crippen molar-refractivity contribution in [2.45, 2.75) is 0 Å². The predicted molar refractivity (Wildman–Crippen MR) is 12.2 cm³/mol. The van der Waals surface area contributed by atoms with E-state index in [1.807, 2.05) is 0 Å². The first-order valence-corrected chi connectivity index (χ1v) is 0. The predicted octanol–water partition coefficient (Wildman–Crippen LogP) is -1.74. The third-order valence-electron chi connectivity index (χ3n) is 0. The van der Waals surface area contributed by atoms with E-state index in [2.05, 4.69) is 0 Å². The van der Waals surface area contributed by atoms with Gasteiger partial charge >= 0.3 is 37.7 Å². The second-order valence-electron chi connectivity index (χ2n) is 0. The molecule has 0 spiro atoms. The van der Waals surface area contributed by atoms with Gasteiger partial charge in [-0.15, -0.1) is 0 Å². The normalized spacial score (nSPS) is 0. The third kappa shape index (κ3) is 8.93. The van der Waals surface area contributed by atoms with Gasteiger partial charge in [-0.25, -0.2) is 0 Å². The molecule has 0 heterocycles. The van der Waals surface area contributed by atoms with E-state index in [9.17, 15) is 0 Å². The molecule has 0 saturated heterocycles. The minimum Gasteiger partial charge on any atom is 0 e. The summed E-state index contributed by atoms with van der Waals surface area (Å²) in [5.41, 5.74) is 0. The Balaban J connectivity index is 0. The summed E-state index contributed by atoms with van der Waals surface area (Å²) in [6.45, 7) is 0. The third-order valence-corrected chi connectivity index (χ3v) is 0. The summed E-state index contributed by atoms with van der Waals surface area (Å²) in [6, 6.07) is 0. The Morgan fingerprint density at radius 3 is 1.00 bits per heavy atom. The van der Waals surface area contributed by atoms with Gasteiger partial charge in [-0.2, -0.15) is 0 Å². The van der Waals surface area contributed by atoms with Crippen LogP contribution in [-0.2, 0) is 17.1 Å². The second kappa shape index (κ2) is 16.5. The maximum absolute atomic E-state index is 0. The van der Waals surface area contributed by atoms with E-state index in [1.54, 1.807) is 0 Å². The van der Waals surface area contributed by atoms with Crippen LogP contribution in [0.3, 0.4) is 0 Å². The van der Waals surface area contributed by atoms with Crippen molar-refractivity contribution < 1.29 is 64.3 Å². The van der Waals surface area contributed by atoms with E-state index < -0.39 is 0 Å². The Kier molecular flexibility index (Phi) is 113. The zero-order valence-corrected chi connectivity index (χ0v) is 5.70. The Labute approximate surface area is 99.4 Å². The van der Waals surface area contributed by atoms with Crippen LogP contribution in [0.15, 0.2) is 0 Å². The molecule has 4 heteroatoms. The van der Waals surface area contributed by atoms with Gasteiger partial charge in [-0.1, -0.05) is 0 Å².